The molecular weight excluding hydrogens is 464 g/mol. The van der Waals surface area contributed by atoms with E-state index in [2.05, 4.69) is 10.3 Å². The first-order chi connectivity index (χ1) is 16.5. The summed E-state index contributed by atoms with van der Waals surface area (Å²) in [5.74, 6) is -2.02. The summed E-state index contributed by atoms with van der Waals surface area (Å²) < 4.78 is 0. The summed E-state index contributed by atoms with van der Waals surface area (Å²) >= 11 is 1.50. The van der Waals surface area contributed by atoms with Gasteiger partial charge in [-0.05, 0) is 51.2 Å². The molecule has 0 aliphatic carbocycles. The summed E-state index contributed by atoms with van der Waals surface area (Å²) in [4.78, 5) is 45.9. The highest BCUT2D eigenvalue weighted by Gasteiger charge is 2.40. The van der Waals surface area contributed by atoms with E-state index in [0.717, 1.165) is 16.1 Å². The lowest BCUT2D eigenvalue weighted by atomic mass is 9.89. The third-order valence-corrected chi connectivity index (χ3v) is 7.29. The lowest BCUT2D eigenvalue weighted by molar-refractivity contribution is -0.146. The second kappa shape index (κ2) is 11.0. The number of allylic oxidation sites excluding steroid dienone is 2. The number of aryl methyl sites for hydroxylation is 1. The maximum absolute atomic E-state index is 13.3. The normalized spacial score (nSPS) is 17.9. The Bertz CT molecular complexity index is 1140. The molecule has 2 amide bonds. The van der Waals surface area contributed by atoms with Crippen molar-refractivity contribution in [1.29, 1.82) is 0 Å². The van der Waals surface area contributed by atoms with Crippen LogP contribution < -0.4 is 11.1 Å². The zero-order valence-electron chi connectivity index (χ0n) is 20.9. The summed E-state index contributed by atoms with van der Waals surface area (Å²) in [5, 5.41) is 13.6. The molecular formula is C26H34N4O4S. The number of carbonyl (C=O) groups excluding carboxylic acids is 3. The number of phenolic OH excluding ortho intramolecular Hbond substituents is 1. The van der Waals surface area contributed by atoms with Gasteiger partial charge in [-0.25, -0.2) is 4.98 Å². The fourth-order valence-corrected chi connectivity index (χ4v) is 5.35. The Balaban J connectivity index is 1.74. The maximum atomic E-state index is 13.3. The van der Waals surface area contributed by atoms with E-state index in [1.54, 1.807) is 31.5 Å². The van der Waals surface area contributed by atoms with Gasteiger partial charge in [-0.2, -0.15) is 0 Å². The molecule has 1 aliphatic heterocycles. The molecule has 35 heavy (non-hydrogen) atoms. The molecule has 9 heteroatoms. The highest BCUT2D eigenvalue weighted by molar-refractivity contribution is 7.13. The van der Waals surface area contributed by atoms with Gasteiger partial charge >= 0.3 is 0 Å². The molecule has 0 radical (unpaired) electrons. The van der Waals surface area contributed by atoms with Gasteiger partial charge in [0.25, 0.3) is 0 Å². The summed E-state index contributed by atoms with van der Waals surface area (Å²) in [6.45, 7) is 9.36. The molecule has 1 aromatic carbocycles. The van der Waals surface area contributed by atoms with E-state index in [-0.39, 0.29) is 29.3 Å². The molecule has 0 spiro atoms. The number of aromatic hydroxyl groups is 1. The first-order valence-corrected chi connectivity index (χ1v) is 12.7. The topological polar surface area (TPSA) is 126 Å². The average molecular weight is 499 g/mol. The number of nitrogens with zero attached hydrogens (tertiary/aromatic N) is 2. The molecule has 2 aromatic rings. The molecule has 0 bridgehead atoms. The molecule has 0 saturated carbocycles. The first kappa shape index (κ1) is 26.4. The van der Waals surface area contributed by atoms with Crippen LogP contribution in [0.25, 0.3) is 10.4 Å². The number of hydrogen-bond donors (Lipinski definition) is 3. The van der Waals surface area contributed by atoms with Crippen molar-refractivity contribution >= 4 is 28.9 Å². The van der Waals surface area contributed by atoms with Crippen LogP contribution in [0, 0.1) is 18.8 Å². The van der Waals surface area contributed by atoms with Crippen LogP contribution in [0.15, 0.2) is 35.5 Å². The van der Waals surface area contributed by atoms with Gasteiger partial charge in [0.1, 0.15) is 17.7 Å². The van der Waals surface area contributed by atoms with E-state index in [9.17, 15) is 19.5 Å². The van der Waals surface area contributed by atoms with Crippen molar-refractivity contribution in [2.75, 3.05) is 6.54 Å². The summed E-state index contributed by atoms with van der Waals surface area (Å²) in [5.41, 5.74) is 10.1. The lowest BCUT2D eigenvalue weighted by Gasteiger charge is -2.30. The van der Waals surface area contributed by atoms with Gasteiger partial charge in [-0.15, -0.1) is 11.3 Å². The smallest absolute Gasteiger partial charge is 0.243 e. The van der Waals surface area contributed by atoms with Gasteiger partial charge in [0, 0.05) is 23.9 Å². The SMILES string of the molecule is CC(N)=CC(=O)C(C(=O)N1CCCC1C(=O)NC(C)c1ccc(-c2scnc2C)cc1O)C(C)C. The number of aromatic nitrogens is 1. The zero-order chi connectivity index (χ0) is 25.9. The molecule has 3 rings (SSSR count). The number of nitrogens with two attached hydrogens (primary N) is 1. The number of benzene rings is 1. The van der Waals surface area contributed by atoms with Gasteiger partial charge in [-0.1, -0.05) is 26.0 Å². The first-order valence-electron chi connectivity index (χ1n) is 11.8. The van der Waals surface area contributed by atoms with Crippen molar-refractivity contribution in [2.45, 2.75) is 59.5 Å². The van der Waals surface area contributed by atoms with E-state index in [1.807, 2.05) is 26.8 Å². The third-order valence-electron chi connectivity index (χ3n) is 6.31. The number of hydrogen-bond acceptors (Lipinski definition) is 7. The Labute approximate surface area is 210 Å². The minimum Gasteiger partial charge on any atom is -0.508 e. The van der Waals surface area contributed by atoms with Crippen molar-refractivity contribution in [3.63, 3.8) is 0 Å². The summed E-state index contributed by atoms with van der Waals surface area (Å²) in [6, 6.07) is 4.23. The van der Waals surface area contributed by atoms with Gasteiger partial charge in [0.05, 0.1) is 22.1 Å². The van der Waals surface area contributed by atoms with E-state index in [1.165, 1.54) is 22.3 Å². The molecule has 4 N–H and O–H groups in total. The minimum absolute atomic E-state index is 0.0804. The minimum atomic E-state index is -0.883. The van der Waals surface area contributed by atoms with Crippen LogP contribution in [0.3, 0.4) is 0 Å². The Kier molecular flexibility index (Phi) is 8.32. The van der Waals surface area contributed by atoms with Crippen LogP contribution in [0.2, 0.25) is 0 Å². The van der Waals surface area contributed by atoms with Crippen molar-refractivity contribution in [3.05, 3.63) is 46.7 Å². The molecule has 1 fully saturated rings. The van der Waals surface area contributed by atoms with Gasteiger partial charge in [-0.3, -0.25) is 14.4 Å². The largest absolute Gasteiger partial charge is 0.508 e. The van der Waals surface area contributed by atoms with Crippen LogP contribution in [0.1, 0.15) is 57.8 Å². The van der Waals surface area contributed by atoms with Crippen molar-refractivity contribution < 1.29 is 19.5 Å². The number of carbonyl (C=O) groups is 3. The maximum Gasteiger partial charge on any atom is 0.243 e. The van der Waals surface area contributed by atoms with Crippen molar-refractivity contribution in [1.82, 2.24) is 15.2 Å². The van der Waals surface area contributed by atoms with E-state index in [0.29, 0.717) is 30.6 Å². The van der Waals surface area contributed by atoms with Gasteiger partial charge in [0.15, 0.2) is 5.78 Å². The van der Waals surface area contributed by atoms with Crippen molar-refractivity contribution in [2.24, 2.45) is 17.6 Å². The monoisotopic (exact) mass is 498 g/mol. The number of phenols is 1. The zero-order valence-corrected chi connectivity index (χ0v) is 21.7. The summed E-state index contributed by atoms with van der Waals surface area (Å²) in [6.07, 6.45) is 2.48. The molecule has 188 valence electrons. The second-order valence-corrected chi connectivity index (χ2v) is 10.3. The standard InChI is InChI=1S/C26H34N4O4S/c1-14(2)23(22(32)11-15(3)27)26(34)30-10-6-7-20(30)25(33)29-16(4)19-9-8-18(12-21(19)31)24-17(5)28-13-35-24/h8-9,11-14,16,20,23,31H,6-7,10,27H2,1-5H3,(H,29,33). The lowest BCUT2D eigenvalue weighted by Crippen LogP contribution is -2.50. The summed E-state index contributed by atoms with van der Waals surface area (Å²) in [7, 11) is 0. The molecule has 2 heterocycles. The number of ketones is 1. The second-order valence-electron chi connectivity index (χ2n) is 9.47. The van der Waals surface area contributed by atoms with E-state index >= 15 is 0 Å². The number of likely N-dealkylation sites (tertiary alicyclic amines) is 1. The number of rotatable bonds is 8. The van der Waals surface area contributed by atoms with Gasteiger partial charge < -0.3 is 21.1 Å². The number of nitrogens with one attached hydrogen (secondary N) is 1. The van der Waals surface area contributed by atoms with Crippen LogP contribution in [-0.4, -0.2) is 45.2 Å². The van der Waals surface area contributed by atoms with Crippen LogP contribution >= 0.6 is 11.3 Å². The molecule has 3 unspecified atom stereocenters. The Morgan fingerprint density at radius 2 is 2.00 bits per heavy atom. The predicted molar refractivity (Wildman–Crippen MR) is 137 cm³/mol. The fraction of sp³-hybridized carbons (Fsp3) is 0.462. The third kappa shape index (κ3) is 5.90. The Morgan fingerprint density at radius 3 is 2.57 bits per heavy atom. The highest BCUT2D eigenvalue weighted by Crippen LogP contribution is 2.34. The molecule has 8 nitrogen and oxygen atoms in total. The molecule has 1 aromatic heterocycles. The van der Waals surface area contributed by atoms with Crippen LogP contribution in [-0.2, 0) is 14.4 Å². The highest BCUT2D eigenvalue weighted by atomic mass is 32.1. The van der Waals surface area contributed by atoms with Crippen LogP contribution in [0.4, 0.5) is 0 Å². The number of thiazole rings is 1. The van der Waals surface area contributed by atoms with Crippen molar-refractivity contribution in [3.8, 4) is 16.2 Å². The van der Waals surface area contributed by atoms with E-state index < -0.39 is 18.0 Å². The van der Waals surface area contributed by atoms with Gasteiger partial charge in [0.2, 0.25) is 11.8 Å². The number of amides is 2. The molecule has 3 atom stereocenters. The molecule has 1 aliphatic rings. The van der Waals surface area contributed by atoms with Crippen LogP contribution in [0.5, 0.6) is 5.75 Å². The Morgan fingerprint density at radius 1 is 1.29 bits per heavy atom. The Hall–Kier alpha value is -3.20. The molecule has 1 saturated heterocycles. The predicted octanol–water partition coefficient (Wildman–Crippen LogP) is 3.70. The average Bonchev–Trinajstić information content (AvgIpc) is 3.41. The van der Waals surface area contributed by atoms with E-state index in [4.69, 9.17) is 5.73 Å². The fourth-order valence-electron chi connectivity index (χ4n) is 4.55. The quantitative estimate of drug-likeness (QED) is 0.376.